The van der Waals surface area contributed by atoms with Gasteiger partial charge in [0.2, 0.25) is 5.91 Å². The summed E-state index contributed by atoms with van der Waals surface area (Å²) in [6.07, 6.45) is 3.79. The number of nitrogens with one attached hydrogen (secondary N) is 1. The molecule has 0 radical (unpaired) electrons. The van der Waals surface area contributed by atoms with Gasteiger partial charge in [0.05, 0.1) is 13.2 Å². The highest BCUT2D eigenvalue weighted by Crippen LogP contribution is 2.38. The molecule has 24 heavy (non-hydrogen) atoms. The van der Waals surface area contributed by atoms with Gasteiger partial charge in [-0.1, -0.05) is 0 Å². The van der Waals surface area contributed by atoms with E-state index in [0.29, 0.717) is 22.5 Å². The number of aromatic amines is 1. The molecule has 130 valence electrons. The van der Waals surface area contributed by atoms with Crippen molar-refractivity contribution in [3.8, 4) is 0 Å². The molecule has 0 spiro atoms. The molecule has 1 amide bonds. The number of esters is 1. The van der Waals surface area contributed by atoms with Crippen molar-refractivity contribution in [2.45, 2.75) is 58.5 Å². The van der Waals surface area contributed by atoms with Crippen LogP contribution in [0.2, 0.25) is 0 Å². The van der Waals surface area contributed by atoms with Crippen molar-refractivity contribution in [3.05, 3.63) is 22.5 Å². The summed E-state index contributed by atoms with van der Waals surface area (Å²) in [5, 5.41) is 0. The maximum Gasteiger partial charge on any atom is 0.354 e. The number of hydrogen-bond acceptors (Lipinski definition) is 4. The molecule has 3 rings (SSSR count). The Morgan fingerprint density at radius 2 is 1.79 bits per heavy atom. The van der Waals surface area contributed by atoms with Crippen LogP contribution in [0, 0.1) is 19.8 Å². The van der Waals surface area contributed by atoms with Crippen molar-refractivity contribution in [2.24, 2.45) is 5.92 Å². The van der Waals surface area contributed by atoms with Gasteiger partial charge in [0, 0.05) is 23.2 Å². The summed E-state index contributed by atoms with van der Waals surface area (Å²) in [5.41, 5.74) is 2.03. The van der Waals surface area contributed by atoms with Gasteiger partial charge in [0.25, 0.3) is 0 Å². The molecule has 0 unspecified atom stereocenters. The van der Waals surface area contributed by atoms with Crippen LogP contribution in [0.15, 0.2) is 0 Å². The minimum atomic E-state index is -0.510. The number of ketones is 1. The van der Waals surface area contributed by atoms with E-state index in [9.17, 15) is 14.4 Å². The van der Waals surface area contributed by atoms with Crippen LogP contribution in [-0.2, 0) is 9.53 Å². The Balaban J connectivity index is 1.88. The number of aromatic nitrogens is 1. The van der Waals surface area contributed by atoms with E-state index < -0.39 is 12.0 Å². The van der Waals surface area contributed by atoms with Gasteiger partial charge in [-0.3, -0.25) is 9.59 Å². The average Bonchev–Trinajstić information content (AvgIpc) is 3.44. The highest BCUT2D eigenvalue weighted by Gasteiger charge is 2.44. The number of carbonyl (C=O) groups is 3. The lowest BCUT2D eigenvalue weighted by Gasteiger charge is -2.28. The first-order valence-electron chi connectivity index (χ1n) is 8.50. The Bertz CT molecular complexity index is 698. The molecule has 6 nitrogen and oxygen atoms in total. The number of aryl methyl sites for hydroxylation is 1. The summed E-state index contributed by atoms with van der Waals surface area (Å²) in [4.78, 5) is 42.2. The highest BCUT2D eigenvalue weighted by molar-refractivity contribution is 6.06. The van der Waals surface area contributed by atoms with Gasteiger partial charge < -0.3 is 14.6 Å². The van der Waals surface area contributed by atoms with Crippen molar-refractivity contribution in [2.75, 3.05) is 7.11 Å². The number of H-pyrrole nitrogens is 1. The molecule has 0 aromatic carbocycles. The molecule has 2 saturated carbocycles. The highest BCUT2D eigenvalue weighted by atomic mass is 16.5. The van der Waals surface area contributed by atoms with Gasteiger partial charge >= 0.3 is 5.97 Å². The Kier molecular flexibility index (Phi) is 4.24. The van der Waals surface area contributed by atoms with Crippen molar-refractivity contribution in [1.29, 1.82) is 0 Å². The van der Waals surface area contributed by atoms with Gasteiger partial charge in [-0.15, -0.1) is 0 Å². The Labute approximate surface area is 141 Å². The topological polar surface area (TPSA) is 79.5 Å². The van der Waals surface area contributed by atoms with Crippen LogP contribution in [0.25, 0.3) is 0 Å². The summed E-state index contributed by atoms with van der Waals surface area (Å²) in [6.45, 7) is 5.30. The van der Waals surface area contributed by atoms with Crippen molar-refractivity contribution < 1.29 is 19.1 Å². The molecule has 1 atom stereocenters. The average molecular weight is 332 g/mol. The molecule has 1 N–H and O–H groups in total. The van der Waals surface area contributed by atoms with Gasteiger partial charge in [0.1, 0.15) is 5.69 Å². The number of hydrogen-bond donors (Lipinski definition) is 1. The molecule has 1 aromatic rings. The number of ether oxygens (including phenoxy) is 1. The SMILES string of the molecule is COC(=O)c1[nH]c(C)c(C(=O)[C@@H](C)N(C(=O)C2CC2)C2CC2)c1C. The fraction of sp³-hybridized carbons (Fsp3) is 0.611. The monoisotopic (exact) mass is 332 g/mol. The van der Waals surface area contributed by atoms with Gasteiger partial charge in [-0.2, -0.15) is 0 Å². The molecule has 1 aromatic heterocycles. The number of carbonyl (C=O) groups excluding carboxylic acids is 3. The number of methoxy groups -OCH3 is 1. The van der Waals surface area contributed by atoms with Crippen LogP contribution in [0.5, 0.6) is 0 Å². The molecular weight excluding hydrogens is 308 g/mol. The second-order valence-corrected chi connectivity index (χ2v) is 6.91. The van der Waals surface area contributed by atoms with Crippen LogP contribution < -0.4 is 0 Å². The fourth-order valence-electron chi connectivity index (χ4n) is 3.34. The van der Waals surface area contributed by atoms with E-state index in [4.69, 9.17) is 4.74 Å². The summed E-state index contributed by atoms with van der Waals surface area (Å²) >= 11 is 0. The molecule has 2 fully saturated rings. The fourth-order valence-corrected chi connectivity index (χ4v) is 3.34. The van der Waals surface area contributed by atoms with E-state index in [1.165, 1.54) is 7.11 Å². The summed E-state index contributed by atoms with van der Waals surface area (Å²) < 4.78 is 4.75. The normalized spacial score (nSPS) is 18.2. The Morgan fingerprint density at radius 3 is 2.29 bits per heavy atom. The first-order valence-corrected chi connectivity index (χ1v) is 8.50. The summed E-state index contributed by atoms with van der Waals surface area (Å²) in [5.74, 6) is -0.398. The number of amides is 1. The van der Waals surface area contributed by atoms with Crippen LogP contribution in [0.3, 0.4) is 0 Å². The standard InChI is InChI=1S/C18H24N2O4/c1-9-14(10(2)19-15(9)18(23)24-4)16(21)11(3)20(13-7-8-13)17(22)12-5-6-12/h11-13,19H,5-8H2,1-4H3/t11-/m1/s1. The molecule has 0 aliphatic heterocycles. The third-order valence-electron chi connectivity index (χ3n) is 4.99. The van der Waals surface area contributed by atoms with E-state index in [-0.39, 0.29) is 23.7 Å². The molecule has 2 aliphatic carbocycles. The minimum absolute atomic E-state index is 0.0971. The van der Waals surface area contributed by atoms with Gasteiger partial charge in [0.15, 0.2) is 5.78 Å². The zero-order valence-electron chi connectivity index (χ0n) is 14.6. The molecule has 0 bridgehead atoms. The van der Waals surface area contributed by atoms with Gasteiger partial charge in [-0.05, 0) is 52.0 Å². The Morgan fingerprint density at radius 1 is 1.17 bits per heavy atom. The lowest BCUT2D eigenvalue weighted by Crippen LogP contribution is -2.45. The minimum Gasteiger partial charge on any atom is -0.464 e. The van der Waals surface area contributed by atoms with Crippen molar-refractivity contribution in [3.63, 3.8) is 0 Å². The van der Waals surface area contributed by atoms with E-state index in [2.05, 4.69) is 4.98 Å². The molecule has 0 saturated heterocycles. The summed E-state index contributed by atoms with van der Waals surface area (Å²) in [6, 6.07) is -0.319. The number of rotatable bonds is 6. The van der Waals surface area contributed by atoms with Crippen LogP contribution in [0.1, 0.15) is 64.7 Å². The first kappa shape index (κ1) is 16.7. The van der Waals surface area contributed by atoms with E-state index in [1.807, 2.05) is 0 Å². The quantitative estimate of drug-likeness (QED) is 0.641. The predicted octanol–water partition coefficient (Wildman–Crippen LogP) is 2.39. The molecule has 2 aliphatic rings. The third-order valence-corrected chi connectivity index (χ3v) is 4.99. The molecular formula is C18H24N2O4. The first-order chi connectivity index (χ1) is 11.4. The maximum absolute atomic E-state index is 13.1. The lowest BCUT2D eigenvalue weighted by molar-refractivity contribution is -0.134. The van der Waals surface area contributed by atoms with Crippen LogP contribution >= 0.6 is 0 Å². The second-order valence-electron chi connectivity index (χ2n) is 6.91. The zero-order valence-corrected chi connectivity index (χ0v) is 14.6. The smallest absolute Gasteiger partial charge is 0.354 e. The van der Waals surface area contributed by atoms with Crippen molar-refractivity contribution in [1.82, 2.24) is 9.88 Å². The van der Waals surface area contributed by atoms with E-state index >= 15 is 0 Å². The second kappa shape index (κ2) is 6.07. The van der Waals surface area contributed by atoms with Crippen LogP contribution in [-0.4, -0.2) is 46.7 Å². The largest absolute Gasteiger partial charge is 0.464 e. The predicted molar refractivity (Wildman–Crippen MR) is 88.0 cm³/mol. The number of Topliss-reactive ketones (excluding diaryl/α,β-unsaturated/α-hetero) is 1. The molecule has 6 heteroatoms. The van der Waals surface area contributed by atoms with Crippen molar-refractivity contribution >= 4 is 17.7 Å². The van der Waals surface area contributed by atoms with E-state index in [1.54, 1.807) is 25.7 Å². The maximum atomic E-state index is 13.1. The summed E-state index contributed by atoms with van der Waals surface area (Å²) in [7, 11) is 1.31. The van der Waals surface area contributed by atoms with Crippen LogP contribution in [0.4, 0.5) is 0 Å². The Hall–Kier alpha value is -2.11. The molecule has 1 heterocycles. The third kappa shape index (κ3) is 2.85. The number of nitrogens with zero attached hydrogens (tertiary/aromatic N) is 1. The lowest BCUT2D eigenvalue weighted by atomic mass is 9.99. The van der Waals surface area contributed by atoms with Gasteiger partial charge in [-0.25, -0.2) is 4.79 Å². The van der Waals surface area contributed by atoms with E-state index in [0.717, 1.165) is 25.7 Å². The zero-order chi connectivity index (χ0) is 17.6.